The molecule has 204 valence electrons. The number of fused-ring (bicyclic) bond motifs is 1. The molecule has 0 bridgehead atoms. The molecular formula is C28H40N8O2. The molecule has 2 fully saturated rings. The second-order valence-corrected chi connectivity index (χ2v) is 9.69. The second kappa shape index (κ2) is 11.7. The number of hydrogen-bond acceptors (Lipinski definition) is 7. The number of carbonyl (C=O) groups excluding carboxylic acids is 1. The van der Waals surface area contributed by atoms with E-state index in [0.29, 0.717) is 17.9 Å². The largest absolute Gasteiger partial charge is 0.346 e. The lowest BCUT2D eigenvalue weighted by Gasteiger charge is -2.27. The number of hydrogen-bond donors (Lipinski definition) is 1. The lowest BCUT2D eigenvalue weighted by atomic mass is 9.93. The summed E-state index contributed by atoms with van der Waals surface area (Å²) < 4.78 is 5.39. The van der Waals surface area contributed by atoms with Crippen molar-refractivity contribution in [2.24, 2.45) is 12.8 Å². The van der Waals surface area contributed by atoms with Crippen LogP contribution in [0.3, 0.4) is 0 Å². The maximum atomic E-state index is 11.8. The summed E-state index contributed by atoms with van der Waals surface area (Å²) in [5.74, 6) is 0.926. The molecule has 10 heteroatoms. The highest BCUT2D eigenvalue weighted by molar-refractivity contribution is 5.75. The van der Waals surface area contributed by atoms with Crippen LogP contribution in [0.4, 0.5) is 5.82 Å². The van der Waals surface area contributed by atoms with Gasteiger partial charge in [-0.15, -0.1) is 5.10 Å². The predicted molar refractivity (Wildman–Crippen MR) is 151 cm³/mol. The molecule has 4 aromatic heterocycles. The smallest absolute Gasteiger partial charge is 0.277 e. The number of nitrogens with two attached hydrogens (primary N) is 1. The summed E-state index contributed by atoms with van der Waals surface area (Å²) in [6, 6.07) is 8.75. The molecule has 2 aliphatic rings. The molecule has 0 amide bonds. The van der Waals surface area contributed by atoms with Crippen molar-refractivity contribution in [1.82, 2.24) is 28.9 Å². The van der Waals surface area contributed by atoms with Crippen LogP contribution >= 0.6 is 0 Å². The number of aldehydes is 1. The Morgan fingerprint density at radius 2 is 1.89 bits per heavy atom. The zero-order valence-corrected chi connectivity index (χ0v) is 22.9. The Bertz CT molecular complexity index is 1440. The van der Waals surface area contributed by atoms with E-state index < -0.39 is 0 Å². The van der Waals surface area contributed by atoms with Crippen molar-refractivity contribution in [3.05, 3.63) is 75.7 Å². The van der Waals surface area contributed by atoms with E-state index in [1.54, 1.807) is 22.5 Å². The van der Waals surface area contributed by atoms with E-state index in [4.69, 9.17) is 10.8 Å². The van der Waals surface area contributed by atoms with Crippen LogP contribution in [0.25, 0.3) is 5.65 Å². The standard InChI is InChI=1S/C16H18N6.C10H14N2O2.C2H6.H2/c1-11-8-19-15-4-5-16(20-22(11)15)21-10-13(17)7-14(21)12-3-2-6-18-9-12;1-7-9(6-13)10(14)12(11(7)2)8-4-3-5-8;1-2;/h2-6,8-9,13-14H,7,10,17H2,1H3;6,8H,3-5H2,1-2H3;1-2H3;1H/t13?,14-;;;/m1.../s1. The van der Waals surface area contributed by atoms with E-state index in [9.17, 15) is 9.59 Å². The van der Waals surface area contributed by atoms with Gasteiger partial charge in [-0.25, -0.2) is 14.2 Å². The Balaban J connectivity index is 0.000000215. The first-order valence-electron chi connectivity index (χ1n) is 13.4. The van der Waals surface area contributed by atoms with Crippen molar-refractivity contribution < 1.29 is 6.22 Å². The van der Waals surface area contributed by atoms with Gasteiger partial charge < -0.3 is 10.6 Å². The first-order chi connectivity index (χ1) is 18.4. The van der Waals surface area contributed by atoms with Crippen LogP contribution in [0, 0.1) is 13.8 Å². The third kappa shape index (κ3) is 5.13. The van der Waals surface area contributed by atoms with E-state index in [0.717, 1.165) is 48.7 Å². The monoisotopic (exact) mass is 520 g/mol. The minimum absolute atomic E-state index is 0. The molecule has 38 heavy (non-hydrogen) atoms. The molecule has 0 aromatic carbocycles. The van der Waals surface area contributed by atoms with Gasteiger partial charge in [0.1, 0.15) is 11.4 Å². The molecule has 1 aliphatic carbocycles. The maximum absolute atomic E-state index is 11.8. The number of pyridine rings is 1. The summed E-state index contributed by atoms with van der Waals surface area (Å²) in [4.78, 5) is 33.3. The number of rotatable bonds is 4. The highest BCUT2D eigenvalue weighted by Crippen LogP contribution is 2.34. The third-order valence-electron chi connectivity index (χ3n) is 7.39. The van der Waals surface area contributed by atoms with Gasteiger partial charge in [-0.1, -0.05) is 19.9 Å². The summed E-state index contributed by atoms with van der Waals surface area (Å²) in [6.45, 7) is 8.61. The molecule has 0 radical (unpaired) electrons. The Morgan fingerprint density at radius 3 is 2.50 bits per heavy atom. The molecule has 1 saturated heterocycles. The molecule has 0 spiro atoms. The Hall–Kier alpha value is -3.79. The molecule has 5 heterocycles. The van der Waals surface area contributed by atoms with Crippen LogP contribution in [0.2, 0.25) is 0 Å². The van der Waals surface area contributed by atoms with Crippen LogP contribution in [0.1, 0.15) is 80.4 Å². The maximum Gasteiger partial charge on any atom is 0.277 e. The highest BCUT2D eigenvalue weighted by Gasteiger charge is 2.32. The second-order valence-electron chi connectivity index (χ2n) is 9.69. The fraction of sp³-hybridized carbons (Fsp3) is 0.464. The fourth-order valence-corrected chi connectivity index (χ4v) is 5.07. The molecule has 6 rings (SSSR count). The summed E-state index contributed by atoms with van der Waals surface area (Å²) >= 11 is 0. The zero-order valence-electron chi connectivity index (χ0n) is 22.9. The van der Waals surface area contributed by atoms with E-state index >= 15 is 0 Å². The summed E-state index contributed by atoms with van der Waals surface area (Å²) in [5.41, 5.74) is 10.2. The topological polar surface area (TPSA) is 116 Å². The molecule has 2 N–H and O–H groups in total. The Kier molecular flexibility index (Phi) is 8.41. The van der Waals surface area contributed by atoms with E-state index in [-0.39, 0.29) is 19.1 Å². The van der Waals surface area contributed by atoms with Gasteiger partial charge in [0, 0.05) is 39.1 Å². The first-order valence-corrected chi connectivity index (χ1v) is 13.4. The molecule has 1 saturated carbocycles. The van der Waals surface area contributed by atoms with Gasteiger partial charge in [-0.2, -0.15) is 0 Å². The Labute approximate surface area is 224 Å². The predicted octanol–water partition coefficient (Wildman–Crippen LogP) is 4.02. The van der Waals surface area contributed by atoms with Crippen LogP contribution in [-0.4, -0.2) is 47.8 Å². The number of aromatic nitrogens is 6. The van der Waals surface area contributed by atoms with Gasteiger partial charge >= 0.3 is 0 Å². The molecule has 4 aromatic rings. The minimum atomic E-state index is -0.135. The average Bonchev–Trinajstić information content (AvgIpc) is 3.55. The SMILES string of the molecule is CC.Cc1c(C=O)c(=O)n(C2CCC2)n1C.Cc1cnc2ccc(N3CC(N)C[C@@H]3c3cccnc3)nn12.[HH]. The van der Waals surface area contributed by atoms with Gasteiger partial charge in [-0.05, 0) is 63.3 Å². The number of nitrogens with zero attached hydrogens (tertiary/aromatic N) is 7. The molecule has 1 unspecified atom stereocenters. The normalized spacial score (nSPS) is 18.8. The van der Waals surface area contributed by atoms with Crippen LogP contribution < -0.4 is 16.2 Å². The van der Waals surface area contributed by atoms with E-state index in [1.807, 2.05) is 62.9 Å². The summed E-state index contributed by atoms with van der Waals surface area (Å²) in [5, 5.41) is 4.73. The third-order valence-corrected chi connectivity index (χ3v) is 7.39. The minimum Gasteiger partial charge on any atom is -0.346 e. The lowest BCUT2D eigenvalue weighted by molar-refractivity contribution is 0.112. The van der Waals surface area contributed by atoms with Gasteiger partial charge in [0.05, 0.1) is 24.0 Å². The number of anilines is 1. The summed E-state index contributed by atoms with van der Waals surface area (Å²) in [7, 11) is 1.84. The van der Waals surface area contributed by atoms with Crippen molar-refractivity contribution in [3.63, 3.8) is 0 Å². The lowest BCUT2D eigenvalue weighted by Crippen LogP contribution is -2.31. The quantitative estimate of drug-likeness (QED) is 0.404. The number of aryl methyl sites for hydroxylation is 1. The molecule has 2 atom stereocenters. The van der Waals surface area contributed by atoms with Crippen molar-refractivity contribution in [2.45, 2.75) is 71.5 Å². The fourth-order valence-electron chi connectivity index (χ4n) is 5.07. The zero-order chi connectivity index (χ0) is 27.4. The molecule has 1 aliphatic heterocycles. The van der Waals surface area contributed by atoms with E-state index in [2.05, 4.69) is 20.9 Å². The van der Waals surface area contributed by atoms with Gasteiger partial charge in [0.25, 0.3) is 5.56 Å². The van der Waals surface area contributed by atoms with Gasteiger partial charge in [-0.3, -0.25) is 19.3 Å². The van der Waals surface area contributed by atoms with Crippen LogP contribution in [0.5, 0.6) is 0 Å². The number of carbonyl (C=O) groups is 1. The van der Waals surface area contributed by atoms with Crippen molar-refractivity contribution in [3.8, 4) is 0 Å². The van der Waals surface area contributed by atoms with Crippen LogP contribution in [-0.2, 0) is 7.05 Å². The average molecular weight is 521 g/mol. The molecular weight excluding hydrogens is 480 g/mol. The Morgan fingerprint density at radius 1 is 1.13 bits per heavy atom. The van der Waals surface area contributed by atoms with Gasteiger partial charge in [0.2, 0.25) is 0 Å². The van der Waals surface area contributed by atoms with E-state index in [1.165, 1.54) is 12.0 Å². The summed E-state index contributed by atoms with van der Waals surface area (Å²) in [6.07, 6.45) is 10.4. The van der Waals surface area contributed by atoms with Crippen molar-refractivity contribution in [1.29, 1.82) is 0 Å². The van der Waals surface area contributed by atoms with Crippen molar-refractivity contribution in [2.75, 3.05) is 11.4 Å². The van der Waals surface area contributed by atoms with Crippen LogP contribution in [0.15, 0.2) is 47.7 Å². The number of imidazole rings is 1. The van der Waals surface area contributed by atoms with Gasteiger partial charge in [0.15, 0.2) is 11.9 Å². The molecule has 10 nitrogen and oxygen atoms in total. The first kappa shape index (κ1) is 27.3. The van der Waals surface area contributed by atoms with Crippen molar-refractivity contribution >= 4 is 17.8 Å². The highest BCUT2D eigenvalue weighted by atomic mass is 16.1.